The van der Waals surface area contributed by atoms with Crippen LogP contribution in [0.3, 0.4) is 0 Å². The van der Waals surface area contributed by atoms with Gasteiger partial charge in [-0.05, 0) is 18.9 Å². The molecule has 0 spiro atoms. The largest absolute Gasteiger partial charge is 0.454 e. The van der Waals surface area contributed by atoms with Crippen molar-refractivity contribution in [2.75, 3.05) is 25.6 Å². The number of likely N-dealkylation sites (tertiary alicyclic amines) is 1. The van der Waals surface area contributed by atoms with Crippen LogP contribution in [0.5, 0.6) is 11.5 Å². The Hall–Kier alpha value is -1.95. The van der Waals surface area contributed by atoms with Gasteiger partial charge in [-0.2, -0.15) is 0 Å². The molecule has 6 nitrogen and oxygen atoms in total. The SMILES string of the molecule is Nc1cc2c(cc1C(=O)N1CCC[C@H](O)C1)OCO2. The van der Waals surface area contributed by atoms with Crippen LogP contribution in [-0.2, 0) is 0 Å². The number of nitrogens with zero attached hydrogens (tertiary/aromatic N) is 1. The summed E-state index contributed by atoms with van der Waals surface area (Å²) in [5.41, 5.74) is 6.66. The Bertz CT molecular complexity index is 518. The number of aliphatic hydroxyl groups excluding tert-OH is 1. The minimum absolute atomic E-state index is 0.148. The molecule has 3 rings (SSSR count). The number of aliphatic hydroxyl groups is 1. The van der Waals surface area contributed by atoms with E-state index in [1.807, 2.05) is 0 Å². The molecule has 6 heteroatoms. The van der Waals surface area contributed by atoms with Crippen LogP contribution in [0, 0.1) is 0 Å². The van der Waals surface area contributed by atoms with E-state index in [9.17, 15) is 9.90 Å². The van der Waals surface area contributed by atoms with Crippen molar-refractivity contribution in [1.29, 1.82) is 0 Å². The third kappa shape index (κ3) is 2.19. The molecule has 0 radical (unpaired) electrons. The topological polar surface area (TPSA) is 85.0 Å². The van der Waals surface area contributed by atoms with Gasteiger partial charge in [-0.25, -0.2) is 0 Å². The summed E-state index contributed by atoms with van der Waals surface area (Å²) in [6.07, 6.45) is 1.09. The molecule has 1 saturated heterocycles. The fourth-order valence-electron chi connectivity index (χ4n) is 2.45. The molecule has 1 fully saturated rings. The number of benzene rings is 1. The number of nitrogens with two attached hydrogens (primary N) is 1. The fraction of sp³-hybridized carbons (Fsp3) is 0.462. The van der Waals surface area contributed by atoms with Gasteiger partial charge in [-0.1, -0.05) is 0 Å². The number of β-amino-alcohol motifs (C(OH)–C–C–N with tert-alkyl or cyclic N) is 1. The van der Waals surface area contributed by atoms with Crippen LogP contribution in [-0.4, -0.2) is 41.9 Å². The molecule has 2 aliphatic rings. The Morgan fingerprint density at radius 2 is 2.11 bits per heavy atom. The molecule has 1 aromatic carbocycles. The minimum atomic E-state index is -0.451. The van der Waals surface area contributed by atoms with Gasteiger partial charge in [0.2, 0.25) is 6.79 Å². The molecule has 0 aliphatic carbocycles. The van der Waals surface area contributed by atoms with E-state index >= 15 is 0 Å². The number of ether oxygens (including phenoxy) is 2. The summed E-state index contributed by atoms with van der Waals surface area (Å²) in [5, 5.41) is 9.63. The maximum Gasteiger partial charge on any atom is 0.256 e. The van der Waals surface area contributed by atoms with E-state index in [1.54, 1.807) is 17.0 Å². The monoisotopic (exact) mass is 264 g/mol. The van der Waals surface area contributed by atoms with Gasteiger partial charge >= 0.3 is 0 Å². The lowest BCUT2D eigenvalue weighted by atomic mass is 10.1. The summed E-state index contributed by atoms with van der Waals surface area (Å²) in [7, 11) is 0. The Kier molecular flexibility index (Phi) is 2.94. The first-order chi connectivity index (χ1) is 9.15. The molecule has 0 bridgehead atoms. The predicted octanol–water partition coefficient (Wildman–Crippen LogP) is 0.594. The number of carbonyl (C=O) groups excluding carboxylic acids is 1. The highest BCUT2D eigenvalue weighted by molar-refractivity contribution is 6.00. The molecule has 1 aromatic rings. The van der Waals surface area contributed by atoms with E-state index in [-0.39, 0.29) is 12.7 Å². The van der Waals surface area contributed by atoms with Gasteiger partial charge in [-0.15, -0.1) is 0 Å². The fourth-order valence-corrected chi connectivity index (χ4v) is 2.45. The van der Waals surface area contributed by atoms with Crippen molar-refractivity contribution >= 4 is 11.6 Å². The van der Waals surface area contributed by atoms with E-state index in [4.69, 9.17) is 15.2 Å². The molecule has 3 N–H and O–H groups in total. The van der Waals surface area contributed by atoms with Crippen molar-refractivity contribution in [3.05, 3.63) is 17.7 Å². The summed E-state index contributed by atoms with van der Waals surface area (Å²) in [6, 6.07) is 3.22. The average Bonchev–Trinajstić information content (AvgIpc) is 2.84. The number of rotatable bonds is 1. The Morgan fingerprint density at radius 3 is 2.84 bits per heavy atom. The van der Waals surface area contributed by atoms with Crippen molar-refractivity contribution in [2.45, 2.75) is 18.9 Å². The second-order valence-electron chi connectivity index (χ2n) is 4.84. The third-order valence-corrected chi connectivity index (χ3v) is 3.46. The van der Waals surface area contributed by atoms with Gasteiger partial charge in [-0.3, -0.25) is 4.79 Å². The van der Waals surface area contributed by atoms with Crippen LogP contribution in [0.15, 0.2) is 12.1 Å². The second kappa shape index (κ2) is 4.62. The number of nitrogen functional groups attached to an aromatic ring is 1. The lowest BCUT2D eigenvalue weighted by Gasteiger charge is -2.30. The predicted molar refractivity (Wildman–Crippen MR) is 68.1 cm³/mol. The summed E-state index contributed by atoms with van der Waals surface area (Å²) in [5.74, 6) is 0.928. The van der Waals surface area contributed by atoms with E-state index in [0.29, 0.717) is 35.8 Å². The van der Waals surface area contributed by atoms with Gasteiger partial charge in [0.25, 0.3) is 5.91 Å². The molecule has 2 heterocycles. The lowest BCUT2D eigenvalue weighted by Crippen LogP contribution is -2.42. The minimum Gasteiger partial charge on any atom is -0.454 e. The van der Waals surface area contributed by atoms with E-state index in [0.717, 1.165) is 12.8 Å². The molecule has 0 aromatic heterocycles. The van der Waals surface area contributed by atoms with Crippen molar-refractivity contribution in [1.82, 2.24) is 4.90 Å². The second-order valence-corrected chi connectivity index (χ2v) is 4.84. The van der Waals surface area contributed by atoms with Gasteiger partial charge < -0.3 is 25.2 Å². The first-order valence-corrected chi connectivity index (χ1v) is 6.31. The molecule has 2 aliphatic heterocycles. The summed E-state index contributed by atoms with van der Waals surface area (Å²) in [4.78, 5) is 14.0. The van der Waals surface area contributed by atoms with Gasteiger partial charge in [0.15, 0.2) is 11.5 Å². The number of anilines is 1. The molecule has 19 heavy (non-hydrogen) atoms. The van der Waals surface area contributed by atoms with Crippen LogP contribution in [0.25, 0.3) is 0 Å². The number of carbonyl (C=O) groups is 1. The zero-order chi connectivity index (χ0) is 13.4. The first-order valence-electron chi connectivity index (χ1n) is 6.31. The number of hydrogen-bond acceptors (Lipinski definition) is 5. The van der Waals surface area contributed by atoms with Crippen molar-refractivity contribution in [2.24, 2.45) is 0 Å². The summed E-state index contributed by atoms with van der Waals surface area (Å²) < 4.78 is 10.5. The highest BCUT2D eigenvalue weighted by atomic mass is 16.7. The average molecular weight is 264 g/mol. The van der Waals surface area contributed by atoms with Gasteiger partial charge in [0, 0.05) is 24.8 Å². The number of fused-ring (bicyclic) bond motifs is 1. The molecule has 102 valence electrons. The van der Waals surface area contributed by atoms with Crippen LogP contribution >= 0.6 is 0 Å². The Labute approximate surface area is 110 Å². The van der Waals surface area contributed by atoms with Gasteiger partial charge in [0.1, 0.15) is 0 Å². The Morgan fingerprint density at radius 1 is 1.37 bits per heavy atom. The highest BCUT2D eigenvalue weighted by Gasteiger charge is 2.26. The third-order valence-electron chi connectivity index (χ3n) is 3.46. The van der Waals surface area contributed by atoms with E-state index in [1.165, 1.54) is 0 Å². The Balaban J connectivity index is 1.87. The number of amides is 1. The van der Waals surface area contributed by atoms with Crippen molar-refractivity contribution in [3.63, 3.8) is 0 Å². The maximum absolute atomic E-state index is 12.4. The van der Waals surface area contributed by atoms with Crippen LogP contribution < -0.4 is 15.2 Å². The van der Waals surface area contributed by atoms with Crippen molar-refractivity contribution < 1.29 is 19.4 Å². The number of piperidine rings is 1. The molecular weight excluding hydrogens is 248 g/mol. The zero-order valence-electron chi connectivity index (χ0n) is 10.5. The summed E-state index contributed by atoms with van der Waals surface area (Å²) >= 11 is 0. The zero-order valence-corrected chi connectivity index (χ0v) is 10.5. The quantitative estimate of drug-likeness (QED) is 0.725. The van der Waals surface area contributed by atoms with Crippen LogP contribution in [0.1, 0.15) is 23.2 Å². The van der Waals surface area contributed by atoms with Gasteiger partial charge in [0.05, 0.1) is 11.7 Å². The van der Waals surface area contributed by atoms with Crippen LogP contribution in [0.2, 0.25) is 0 Å². The highest BCUT2D eigenvalue weighted by Crippen LogP contribution is 2.36. The van der Waals surface area contributed by atoms with E-state index in [2.05, 4.69) is 0 Å². The number of hydrogen-bond donors (Lipinski definition) is 2. The maximum atomic E-state index is 12.4. The molecular formula is C13H16N2O4. The van der Waals surface area contributed by atoms with E-state index < -0.39 is 6.10 Å². The first kappa shape index (κ1) is 12.1. The molecule has 1 atom stereocenters. The van der Waals surface area contributed by atoms with Crippen LogP contribution in [0.4, 0.5) is 5.69 Å². The summed E-state index contributed by atoms with van der Waals surface area (Å²) in [6.45, 7) is 1.14. The molecule has 0 unspecified atom stereocenters. The lowest BCUT2D eigenvalue weighted by molar-refractivity contribution is 0.0474. The smallest absolute Gasteiger partial charge is 0.256 e. The standard InChI is InChI=1S/C13H16N2O4/c14-10-5-12-11(18-7-19-12)4-9(10)13(17)15-3-1-2-8(16)6-15/h4-5,8,16H,1-3,6-7,14H2/t8-/m0/s1. The van der Waals surface area contributed by atoms with Crippen molar-refractivity contribution in [3.8, 4) is 11.5 Å². The normalized spacial score (nSPS) is 21.5. The molecule has 1 amide bonds. The molecule has 0 saturated carbocycles.